The molecule has 0 N–H and O–H groups in total. The van der Waals surface area contributed by atoms with Gasteiger partial charge in [-0.05, 0) is 24.6 Å². The average molecular weight is 319 g/mol. The maximum atomic E-state index is 9.23. The van der Waals surface area contributed by atoms with Gasteiger partial charge in [-0.2, -0.15) is 10.4 Å². The zero-order valence-electron chi connectivity index (χ0n) is 11.2. The maximum Gasteiger partial charge on any atom is 0.145 e. The van der Waals surface area contributed by atoms with E-state index in [1.54, 1.807) is 4.68 Å². The molecule has 0 spiro atoms. The molecule has 0 aliphatic carbocycles. The first kappa shape index (κ1) is 13.6. The summed E-state index contributed by atoms with van der Waals surface area (Å²) < 4.78 is 2.81. The number of nitriles is 1. The van der Waals surface area contributed by atoms with Crippen LogP contribution in [0.15, 0.2) is 28.7 Å². The van der Waals surface area contributed by atoms with Crippen LogP contribution in [0.3, 0.4) is 0 Å². The van der Waals surface area contributed by atoms with Crippen molar-refractivity contribution in [1.29, 1.82) is 5.26 Å². The fourth-order valence-corrected chi connectivity index (χ4v) is 2.65. The van der Waals surface area contributed by atoms with Gasteiger partial charge in [0.2, 0.25) is 0 Å². The number of benzene rings is 1. The monoisotopic (exact) mass is 318 g/mol. The summed E-state index contributed by atoms with van der Waals surface area (Å²) in [5.41, 5.74) is 2.58. The van der Waals surface area contributed by atoms with Gasteiger partial charge < -0.3 is 4.90 Å². The molecule has 0 bridgehead atoms. The van der Waals surface area contributed by atoms with E-state index < -0.39 is 0 Å². The summed E-state index contributed by atoms with van der Waals surface area (Å²) in [6.45, 7) is 2.59. The normalized spacial score (nSPS) is 10.3. The Morgan fingerprint density at radius 1 is 1.47 bits per heavy atom. The molecule has 2 aromatic rings. The molecule has 0 atom stereocenters. The van der Waals surface area contributed by atoms with Crippen molar-refractivity contribution >= 4 is 21.7 Å². The molecular weight excluding hydrogens is 304 g/mol. The number of aromatic nitrogens is 2. The minimum absolute atomic E-state index is 0.639. The smallest absolute Gasteiger partial charge is 0.145 e. The Morgan fingerprint density at radius 3 is 2.84 bits per heavy atom. The summed E-state index contributed by atoms with van der Waals surface area (Å²) >= 11 is 3.47. The minimum atomic E-state index is 0.639. The van der Waals surface area contributed by atoms with Gasteiger partial charge in [0, 0.05) is 25.1 Å². The molecule has 2 rings (SSSR count). The number of aryl methyl sites for hydroxylation is 2. The quantitative estimate of drug-likeness (QED) is 0.873. The van der Waals surface area contributed by atoms with Gasteiger partial charge >= 0.3 is 0 Å². The van der Waals surface area contributed by atoms with Gasteiger partial charge in [0.15, 0.2) is 0 Å². The molecule has 0 unspecified atom stereocenters. The van der Waals surface area contributed by atoms with Gasteiger partial charge in [0.1, 0.15) is 17.5 Å². The summed E-state index contributed by atoms with van der Waals surface area (Å²) in [6, 6.07) is 10.4. The minimum Gasteiger partial charge on any atom is -0.354 e. The van der Waals surface area contributed by atoms with Crippen LogP contribution in [0.25, 0.3) is 0 Å². The average Bonchev–Trinajstić information content (AvgIpc) is 2.63. The third-order valence-corrected chi connectivity index (χ3v) is 3.47. The molecule has 0 saturated heterocycles. The molecule has 1 aromatic heterocycles. The highest BCUT2D eigenvalue weighted by atomic mass is 79.9. The summed E-state index contributed by atoms with van der Waals surface area (Å²) in [4.78, 5) is 2.04. The van der Waals surface area contributed by atoms with E-state index in [0.29, 0.717) is 5.56 Å². The maximum absolute atomic E-state index is 9.23. The second-order valence-electron chi connectivity index (χ2n) is 4.51. The summed E-state index contributed by atoms with van der Waals surface area (Å²) in [5.74, 6) is 0.847. The Balaban J connectivity index is 2.31. The molecule has 0 radical (unpaired) electrons. The topological polar surface area (TPSA) is 44.9 Å². The highest BCUT2D eigenvalue weighted by Crippen LogP contribution is 2.23. The van der Waals surface area contributed by atoms with Gasteiger partial charge in [-0.25, -0.2) is 0 Å². The molecule has 0 aliphatic rings. The van der Waals surface area contributed by atoms with Gasteiger partial charge in [0.25, 0.3) is 0 Å². The van der Waals surface area contributed by atoms with E-state index in [-0.39, 0.29) is 0 Å². The lowest BCUT2D eigenvalue weighted by Gasteiger charge is -2.19. The van der Waals surface area contributed by atoms with E-state index in [1.807, 2.05) is 38.1 Å². The number of rotatable bonds is 3. The third kappa shape index (κ3) is 2.79. The number of hydrogen-bond donors (Lipinski definition) is 0. The van der Waals surface area contributed by atoms with E-state index in [4.69, 9.17) is 0 Å². The molecule has 0 saturated carbocycles. The van der Waals surface area contributed by atoms with Crippen molar-refractivity contribution in [3.63, 3.8) is 0 Å². The SMILES string of the molecule is Cc1nn(C)c(N(C)Cc2cccc(Br)c2)c1C#N. The van der Waals surface area contributed by atoms with Crippen LogP contribution in [0.4, 0.5) is 5.82 Å². The fourth-order valence-electron chi connectivity index (χ4n) is 2.20. The molecule has 98 valence electrons. The molecule has 1 aromatic carbocycles. The Kier molecular flexibility index (Phi) is 3.91. The first-order chi connectivity index (χ1) is 9.02. The number of halogens is 1. The van der Waals surface area contributed by atoms with E-state index in [1.165, 1.54) is 5.56 Å². The summed E-state index contributed by atoms with van der Waals surface area (Å²) in [7, 11) is 3.83. The van der Waals surface area contributed by atoms with E-state index in [2.05, 4.69) is 39.2 Å². The predicted octanol–water partition coefficient (Wildman–Crippen LogP) is 3.00. The van der Waals surface area contributed by atoms with Crippen LogP contribution in [0.5, 0.6) is 0 Å². The largest absolute Gasteiger partial charge is 0.354 e. The first-order valence-electron chi connectivity index (χ1n) is 5.92. The number of anilines is 1. The highest BCUT2D eigenvalue weighted by Gasteiger charge is 2.16. The molecule has 1 heterocycles. The van der Waals surface area contributed by atoms with Crippen LogP contribution in [0, 0.1) is 18.3 Å². The molecule has 0 fully saturated rings. The van der Waals surface area contributed by atoms with Crippen LogP contribution in [-0.4, -0.2) is 16.8 Å². The van der Waals surface area contributed by atoms with E-state index >= 15 is 0 Å². The highest BCUT2D eigenvalue weighted by molar-refractivity contribution is 9.10. The van der Waals surface area contributed by atoms with Crippen LogP contribution in [0.1, 0.15) is 16.8 Å². The molecule has 5 heteroatoms. The van der Waals surface area contributed by atoms with Crippen molar-refractivity contribution in [1.82, 2.24) is 9.78 Å². The van der Waals surface area contributed by atoms with Crippen molar-refractivity contribution in [2.24, 2.45) is 7.05 Å². The zero-order chi connectivity index (χ0) is 14.0. The van der Waals surface area contributed by atoms with Gasteiger partial charge in [0.05, 0.1) is 5.69 Å². The van der Waals surface area contributed by atoms with Crippen molar-refractivity contribution in [3.05, 3.63) is 45.6 Å². The molecule has 0 aliphatic heterocycles. The van der Waals surface area contributed by atoms with E-state index in [9.17, 15) is 5.26 Å². The van der Waals surface area contributed by atoms with Crippen molar-refractivity contribution in [2.45, 2.75) is 13.5 Å². The van der Waals surface area contributed by atoms with Crippen LogP contribution in [-0.2, 0) is 13.6 Å². The molecular formula is C14H15BrN4. The zero-order valence-corrected chi connectivity index (χ0v) is 12.8. The Bertz CT molecular complexity index is 639. The second kappa shape index (κ2) is 5.45. The second-order valence-corrected chi connectivity index (χ2v) is 5.42. The van der Waals surface area contributed by atoms with Crippen molar-refractivity contribution in [2.75, 3.05) is 11.9 Å². The fraction of sp³-hybridized carbons (Fsp3) is 0.286. The molecule has 19 heavy (non-hydrogen) atoms. The van der Waals surface area contributed by atoms with Crippen LogP contribution in [0.2, 0.25) is 0 Å². The lowest BCUT2D eigenvalue weighted by molar-refractivity contribution is 0.726. The number of hydrogen-bond acceptors (Lipinski definition) is 3. The van der Waals surface area contributed by atoms with Crippen LogP contribution < -0.4 is 4.90 Å². The first-order valence-corrected chi connectivity index (χ1v) is 6.71. The molecule has 4 nitrogen and oxygen atoms in total. The predicted molar refractivity (Wildman–Crippen MR) is 78.9 cm³/mol. The van der Waals surface area contributed by atoms with Crippen LogP contribution >= 0.6 is 15.9 Å². The van der Waals surface area contributed by atoms with Crippen molar-refractivity contribution < 1.29 is 0 Å². The van der Waals surface area contributed by atoms with Gasteiger partial charge in [-0.3, -0.25) is 4.68 Å². The van der Waals surface area contributed by atoms with E-state index in [0.717, 1.165) is 22.5 Å². The van der Waals surface area contributed by atoms with Crippen molar-refractivity contribution in [3.8, 4) is 6.07 Å². The summed E-state index contributed by atoms with van der Waals surface area (Å²) in [5, 5.41) is 13.5. The molecule has 0 amide bonds. The summed E-state index contributed by atoms with van der Waals surface area (Å²) in [6.07, 6.45) is 0. The standard InChI is InChI=1S/C14H15BrN4/c1-10-13(8-16)14(19(3)17-10)18(2)9-11-5-4-6-12(15)7-11/h4-7H,9H2,1-3H3. The Morgan fingerprint density at radius 2 is 2.21 bits per heavy atom. The van der Waals surface area contributed by atoms with Gasteiger partial charge in [-0.1, -0.05) is 28.1 Å². The lowest BCUT2D eigenvalue weighted by Crippen LogP contribution is -2.20. The number of nitrogens with zero attached hydrogens (tertiary/aromatic N) is 4. The Hall–Kier alpha value is -1.80. The van der Waals surface area contributed by atoms with Gasteiger partial charge in [-0.15, -0.1) is 0 Å². The lowest BCUT2D eigenvalue weighted by atomic mass is 10.2. The Labute approximate surface area is 121 Å². The third-order valence-electron chi connectivity index (χ3n) is 2.97.